The number of carbonyl (C=O) groups excluding carboxylic acids is 2. The molecule has 0 bridgehead atoms. The minimum absolute atomic E-state index is 0.0155. The predicted octanol–water partition coefficient (Wildman–Crippen LogP) is 2.66. The van der Waals surface area contributed by atoms with Gasteiger partial charge in [0.1, 0.15) is 5.75 Å². The van der Waals surface area contributed by atoms with E-state index in [0.717, 1.165) is 18.4 Å². The van der Waals surface area contributed by atoms with Gasteiger partial charge >= 0.3 is 0 Å². The highest BCUT2D eigenvalue weighted by Crippen LogP contribution is 2.21. The third kappa shape index (κ3) is 5.87. The number of hydrogen-bond acceptors (Lipinski definition) is 3. The molecule has 0 saturated heterocycles. The molecule has 1 aromatic rings. The van der Waals surface area contributed by atoms with Gasteiger partial charge in [-0.2, -0.15) is 0 Å². The van der Waals surface area contributed by atoms with E-state index in [4.69, 9.17) is 10.5 Å². The first-order valence-electron chi connectivity index (χ1n) is 8.82. The van der Waals surface area contributed by atoms with E-state index < -0.39 is 0 Å². The molecule has 5 nitrogen and oxygen atoms in total. The first-order chi connectivity index (χ1) is 11.6. The van der Waals surface area contributed by atoms with Crippen LogP contribution in [0.3, 0.4) is 0 Å². The Balaban J connectivity index is 1.81. The van der Waals surface area contributed by atoms with Gasteiger partial charge in [0.15, 0.2) is 6.61 Å². The lowest BCUT2D eigenvalue weighted by molar-refractivity contribution is -0.134. The third-order valence-corrected chi connectivity index (χ3v) is 4.68. The molecule has 1 aromatic carbocycles. The average Bonchev–Trinajstić information content (AvgIpc) is 2.52. The highest BCUT2D eigenvalue weighted by molar-refractivity contribution is 5.78. The Morgan fingerprint density at radius 2 is 1.67 bits per heavy atom. The molecular weight excluding hydrogens is 304 g/mol. The number of amides is 2. The zero-order valence-electron chi connectivity index (χ0n) is 14.5. The molecule has 1 saturated carbocycles. The van der Waals surface area contributed by atoms with Gasteiger partial charge in [0, 0.05) is 13.1 Å². The second kappa shape index (κ2) is 9.30. The first kappa shape index (κ1) is 18.3. The number of rotatable bonds is 6. The molecule has 5 heteroatoms. The van der Waals surface area contributed by atoms with E-state index in [0.29, 0.717) is 11.8 Å². The van der Waals surface area contributed by atoms with E-state index in [1.54, 1.807) is 24.3 Å². The highest BCUT2D eigenvalue weighted by Gasteiger charge is 2.20. The van der Waals surface area contributed by atoms with Crippen LogP contribution in [0.1, 0.15) is 50.5 Å². The van der Waals surface area contributed by atoms with Crippen LogP contribution in [0, 0.1) is 0 Å². The Morgan fingerprint density at radius 1 is 1.08 bits per heavy atom. The summed E-state index contributed by atoms with van der Waals surface area (Å²) in [7, 11) is 1.88. The van der Waals surface area contributed by atoms with E-state index in [-0.39, 0.29) is 24.8 Å². The normalized spacial score (nSPS) is 16.0. The topological polar surface area (TPSA) is 72.6 Å². The summed E-state index contributed by atoms with van der Waals surface area (Å²) in [6.07, 6.45) is 8.64. The molecule has 2 N–H and O–H groups in total. The van der Waals surface area contributed by atoms with Gasteiger partial charge in [-0.3, -0.25) is 9.59 Å². The lowest BCUT2D eigenvalue weighted by atomic mass is 9.96. The quantitative estimate of drug-likeness (QED) is 0.870. The van der Waals surface area contributed by atoms with Crippen LogP contribution in [-0.4, -0.2) is 36.4 Å². The van der Waals surface area contributed by atoms with Crippen molar-refractivity contribution in [3.63, 3.8) is 0 Å². The number of likely N-dealkylation sites (N-methyl/N-ethyl adjacent to an activating group) is 1. The molecule has 0 aromatic heterocycles. The van der Waals surface area contributed by atoms with Crippen molar-refractivity contribution in [2.24, 2.45) is 5.73 Å². The monoisotopic (exact) mass is 332 g/mol. The molecule has 2 amide bonds. The van der Waals surface area contributed by atoms with Crippen LogP contribution in [0.15, 0.2) is 24.3 Å². The molecule has 2 rings (SSSR count). The zero-order chi connectivity index (χ0) is 17.4. The Bertz CT molecular complexity index is 534. The number of hydrogen-bond donors (Lipinski definition) is 1. The summed E-state index contributed by atoms with van der Waals surface area (Å²) in [5.41, 5.74) is 6.01. The molecule has 0 spiro atoms. The van der Waals surface area contributed by atoms with Crippen LogP contribution in [0.2, 0.25) is 0 Å². The largest absolute Gasteiger partial charge is 0.484 e. The van der Waals surface area contributed by atoms with Gasteiger partial charge in [-0.05, 0) is 30.5 Å². The highest BCUT2D eigenvalue weighted by atomic mass is 16.5. The summed E-state index contributed by atoms with van der Waals surface area (Å²) in [5, 5.41) is 0. The summed E-state index contributed by atoms with van der Waals surface area (Å²) in [6, 6.07) is 7.45. The fourth-order valence-corrected chi connectivity index (χ4v) is 3.18. The Hall–Kier alpha value is -2.04. The molecule has 1 aliphatic carbocycles. The van der Waals surface area contributed by atoms with E-state index in [9.17, 15) is 9.59 Å². The molecule has 0 unspecified atom stereocenters. The Labute approximate surface area is 144 Å². The SMILES string of the molecule is CN(C(=O)COc1ccc(CC(N)=O)cc1)C1CCCCCCC1. The summed E-state index contributed by atoms with van der Waals surface area (Å²) >= 11 is 0. The van der Waals surface area contributed by atoms with Crippen molar-refractivity contribution in [1.82, 2.24) is 4.90 Å². The smallest absolute Gasteiger partial charge is 0.260 e. The fourth-order valence-electron chi connectivity index (χ4n) is 3.18. The fraction of sp³-hybridized carbons (Fsp3) is 0.579. The molecule has 132 valence electrons. The van der Waals surface area contributed by atoms with Crippen molar-refractivity contribution in [3.05, 3.63) is 29.8 Å². The molecule has 1 aliphatic rings. The predicted molar refractivity (Wildman–Crippen MR) is 93.7 cm³/mol. The first-order valence-corrected chi connectivity index (χ1v) is 8.82. The van der Waals surface area contributed by atoms with E-state index in [1.165, 1.54) is 32.1 Å². The molecule has 1 fully saturated rings. The molecule has 0 radical (unpaired) electrons. The number of primary amides is 1. The average molecular weight is 332 g/mol. The van der Waals surface area contributed by atoms with Crippen molar-refractivity contribution in [3.8, 4) is 5.75 Å². The number of ether oxygens (including phenoxy) is 1. The standard InChI is InChI=1S/C19H28N2O3/c1-21(16-7-5-3-2-4-6-8-16)19(23)14-24-17-11-9-15(10-12-17)13-18(20)22/h9-12,16H,2-8,13-14H2,1H3,(H2,20,22). The third-order valence-electron chi connectivity index (χ3n) is 4.68. The molecule has 0 aliphatic heterocycles. The van der Waals surface area contributed by atoms with Crippen LogP contribution < -0.4 is 10.5 Å². The van der Waals surface area contributed by atoms with Gasteiger partial charge in [-0.25, -0.2) is 0 Å². The molecule has 0 atom stereocenters. The number of benzene rings is 1. The van der Waals surface area contributed by atoms with Gasteiger partial charge in [0.05, 0.1) is 6.42 Å². The van der Waals surface area contributed by atoms with Crippen LogP contribution in [0.4, 0.5) is 0 Å². The lowest BCUT2D eigenvalue weighted by Gasteiger charge is -2.29. The zero-order valence-corrected chi connectivity index (χ0v) is 14.5. The molecule has 24 heavy (non-hydrogen) atoms. The minimum Gasteiger partial charge on any atom is -0.484 e. The maximum atomic E-state index is 12.4. The molecule has 0 heterocycles. The summed E-state index contributed by atoms with van der Waals surface area (Å²) < 4.78 is 5.59. The van der Waals surface area contributed by atoms with E-state index in [1.807, 2.05) is 11.9 Å². The molecular formula is C19H28N2O3. The maximum Gasteiger partial charge on any atom is 0.260 e. The van der Waals surface area contributed by atoms with Crippen LogP contribution >= 0.6 is 0 Å². The van der Waals surface area contributed by atoms with E-state index in [2.05, 4.69) is 0 Å². The van der Waals surface area contributed by atoms with Crippen molar-refractivity contribution in [1.29, 1.82) is 0 Å². The summed E-state index contributed by atoms with van der Waals surface area (Å²) in [5.74, 6) is 0.282. The van der Waals surface area contributed by atoms with Crippen molar-refractivity contribution >= 4 is 11.8 Å². The summed E-state index contributed by atoms with van der Waals surface area (Å²) in [4.78, 5) is 25.1. The van der Waals surface area contributed by atoms with Crippen LogP contribution in [0.5, 0.6) is 5.75 Å². The second-order valence-electron chi connectivity index (χ2n) is 6.58. The number of nitrogens with two attached hydrogens (primary N) is 1. The Morgan fingerprint density at radius 3 is 2.25 bits per heavy atom. The van der Waals surface area contributed by atoms with Gasteiger partial charge in [0.25, 0.3) is 5.91 Å². The van der Waals surface area contributed by atoms with Crippen molar-refractivity contribution in [2.75, 3.05) is 13.7 Å². The maximum absolute atomic E-state index is 12.4. The van der Waals surface area contributed by atoms with Gasteiger partial charge in [-0.15, -0.1) is 0 Å². The number of carbonyl (C=O) groups is 2. The van der Waals surface area contributed by atoms with Crippen LogP contribution in [-0.2, 0) is 16.0 Å². The van der Waals surface area contributed by atoms with Crippen molar-refractivity contribution < 1.29 is 14.3 Å². The van der Waals surface area contributed by atoms with Crippen LogP contribution in [0.25, 0.3) is 0 Å². The van der Waals surface area contributed by atoms with E-state index >= 15 is 0 Å². The van der Waals surface area contributed by atoms with Gasteiger partial charge in [-0.1, -0.05) is 44.2 Å². The lowest BCUT2D eigenvalue weighted by Crippen LogP contribution is -2.40. The second-order valence-corrected chi connectivity index (χ2v) is 6.58. The van der Waals surface area contributed by atoms with Gasteiger partial charge in [0.2, 0.25) is 5.91 Å². The number of nitrogens with zero attached hydrogens (tertiary/aromatic N) is 1. The Kier molecular flexibility index (Phi) is 7.09. The minimum atomic E-state index is -0.361. The van der Waals surface area contributed by atoms with Crippen molar-refractivity contribution in [2.45, 2.75) is 57.4 Å². The van der Waals surface area contributed by atoms with Gasteiger partial charge < -0.3 is 15.4 Å². The summed E-state index contributed by atoms with van der Waals surface area (Å²) in [6.45, 7) is 0.0438.